The first kappa shape index (κ1) is 21.0. The SMILES string of the molecule is O=C(c1cccc(S(=O)(=O)N2CCOCC2)c1)N1CCCC1Cc1cccc(F)c1. The molecule has 30 heavy (non-hydrogen) atoms. The predicted molar refractivity (Wildman–Crippen MR) is 110 cm³/mol. The van der Waals surface area contributed by atoms with Gasteiger partial charge in [-0.15, -0.1) is 0 Å². The molecule has 2 heterocycles. The van der Waals surface area contributed by atoms with Crippen LogP contribution in [0.1, 0.15) is 28.8 Å². The Morgan fingerprint density at radius 1 is 1.07 bits per heavy atom. The summed E-state index contributed by atoms with van der Waals surface area (Å²) in [6.45, 7) is 1.96. The topological polar surface area (TPSA) is 66.9 Å². The molecule has 2 aliphatic rings. The zero-order chi connectivity index (χ0) is 21.1. The number of halogens is 1. The number of rotatable bonds is 5. The Hall–Kier alpha value is -2.29. The van der Waals surface area contributed by atoms with Crippen LogP contribution in [0.4, 0.5) is 4.39 Å². The first-order valence-corrected chi connectivity index (χ1v) is 11.6. The van der Waals surface area contributed by atoms with Gasteiger partial charge < -0.3 is 9.64 Å². The number of amides is 1. The third-order valence-electron chi connectivity index (χ3n) is 5.69. The molecule has 2 fully saturated rings. The summed E-state index contributed by atoms with van der Waals surface area (Å²) in [6, 6.07) is 12.7. The molecule has 0 radical (unpaired) electrons. The van der Waals surface area contributed by atoms with Gasteiger partial charge in [0, 0.05) is 31.2 Å². The number of morpholine rings is 1. The van der Waals surface area contributed by atoms with Gasteiger partial charge in [-0.1, -0.05) is 18.2 Å². The smallest absolute Gasteiger partial charge is 0.254 e. The van der Waals surface area contributed by atoms with Gasteiger partial charge >= 0.3 is 0 Å². The van der Waals surface area contributed by atoms with Gasteiger partial charge in [0.1, 0.15) is 5.82 Å². The lowest BCUT2D eigenvalue weighted by molar-refractivity contribution is 0.0727. The standard InChI is InChI=1S/C22H25FN2O4S/c23-19-6-1-4-17(14-19)15-20-7-3-9-25(20)22(26)18-5-2-8-21(16-18)30(27,28)24-10-12-29-13-11-24/h1-2,4-6,8,14,16,20H,3,7,9-13,15H2. The van der Waals surface area contributed by atoms with E-state index in [4.69, 9.17) is 4.74 Å². The summed E-state index contributed by atoms with van der Waals surface area (Å²) in [6.07, 6.45) is 2.29. The number of hydrogen-bond acceptors (Lipinski definition) is 4. The molecule has 0 spiro atoms. The van der Waals surface area contributed by atoms with Crippen LogP contribution in [0, 0.1) is 5.82 Å². The van der Waals surface area contributed by atoms with E-state index in [-0.39, 0.29) is 22.7 Å². The Kier molecular flexibility index (Phi) is 6.17. The van der Waals surface area contributed by atoms with Crippen LogP contribution in [0.2, 0.25) is 0 Å². The Bertz CT molecular complexity index is 1020. The molecule has 0 bridgehead atoms. The number of sulfonamides is 1. The van der Waals surface area contributed by atoms with Crippen molar-refractivity contribution in [3.05, 3.63) is 65.5 Å². The molecule has 160 valence electrons. The lowest BCUT2D eigenvalue weighted by Gasteiger charge is -2.27. The van der Waals surface area contributed by atoms with Gasteiger partial charge in [-0.3, -0.25) is 4.79 Å². The number of ether oxygens (including phenoxy) is 1. The largest absolute Gasteiger partial charge is 0.379 e. The van der Waals surface area contributed by atoms with E-state index in [0.717, 1.165) is 18.4 Å². The minimum absolute atomic E-state index is 0.0289. The van der Waals surface area contributed by atoms with Crippen molar-refractivity contribution in [2.24, 2.45) is 0 Å². The Morgan fingerprint density at radius 2 is 1.83 bits per heavy atom. The lowest BCUT2D eigenvalue weighted by Crippen LogP contribution is -2.40. The fraction of sp³-hybridized carbons (Fsp3) is 0.409. The summed E-state index contributed by atoms with van der Waals surface area (Å²) in [5.74, 6) is -0.475. The van der Waals surface area contributed by atoms with Crippen molar-refractivity contribution < 1.29 is 22.3 Å². The summed E-state index contributed by atoms with van der Waals surface area (Å²) in [7, 11) is -3.67. The molecule has 0 aromatic heterocycles. The average Bonchev–Trinajstić information content (AvgIpc) is 3.22. The highest BCUT2D eigenvalue weighted by Gasteiger charge is 2.31. The van der Waals surface area contributed by atoms with Crippen molar-refractivity contribution in [1.29, 1.82) is 0 Å². The molecule has 2 aliphatic heterocycles. The van der Waals surface area contributed by atoms with Crippen molar-refractivity contribution in [2.45, 2.75) is 30.2 Å². The first-order valence-electron chi connectivity index (χ1n) is 10.2. The van der Waals surface area contributed by atoms with Gasteiger partial charge in [0.15, 0.2) is 0 Å². The summed E-state index contributed by atoms with van der Waals surface area (Å²) in [4.78, 5) is 15.1. The summed E-state index contributed by atoms with van der Waals surface area (Å²) < 4.78 is 46.0. The van der Waals surface area contributed by atoms with Crippen LogP contribution in [0.5, 0.6) is 0 Å². The van der Waals surface area contributed by atoms with Crippen molar-refractivity contribution in [3.63, 3.8) is 0 Å². The molecule has 0 N–H and O–H groups in total. The lowest BCUT2D eigenvalue weighted by atomic mass is 10.0. The highest BCUT2D eigenvalue weighted by Crippen LogP contribution is 2.25. The number of benzene rings is 2. The summed E-state index contributed by atoms with van der Waals surface area (Å²) >= 11 is 0. The second-order valence-electron chi connectivity index (χ2n) is 7.67. The van der Waals surface area contributed by atoms with Crippen molar-refractivity contribution in [3.8, 4) is 0 Å². The second-order valence-corrected chi connectivity index (χ2v) is 9.61. The van der Waals surface area contributed by atoms with Gasteiger partial charge in [0.05, 0.1) is 18.1 Å². The third kappa shape index (κ3) is 4.40. The summed E-state index contributed by atoms with van der Waals surface area (Å²) in [5.41, 5.74) is 1.21. The number of carbonyl (C=O) groups is 1. The molecule has 6 nitrogen and oxygen atoms in total. The fourth-order valence-corrected chi connectivity index (χ4v) is 5.60. The third-order valence-corrected chi connectivity index (χ3v) is 7.58. The molecule has 2 saturated heterocycles. The Balaban J connectivity index is 1.53. The van der Waals surface area contributed by atoms with E-state index in [1.807, 2.05) is 6.07 Å². The van der Waals surface area contributed by atoms with E-state index in [9.17, 15) is 17.6 Å². The quantitative estimate of drug-likeness (QED) is 0.729. The normalized spacial score (nSPS) is 20.4. The van der Waals surface area contributed by atoms with E-state index in [0.29, 0.717) is 44.8 Å². The van der Waals surface area contributed by atoms with Crippen LogP contribution in [-0.2, 0) is 21.2 Å². The van der Waals surface area contributed by atoms with E-state index in [2.05, 4.69) is 0 Å². The highest BCUT2D eigenvalue weighted by atomic mass is 32.2. The Morgan fingerprint density at radius 3 is 2.60 bits per heavy atom. The number of hydrogen-bond donors (Lipinski definition) is 0. The summed E-state index contributed by atoms with van der Waals surface area (Å²) in [5, 5.41) is 0. The molecule has 0 saturated carbocycles. The molecular formula is C22H25FN2O4S. The van der Waals surface area contributed by atoms with Crippen LogP contribution in [0.15, 0.2) is 53.4 Å². The Labute approximate surface area is 176 Å². The predicted octanol–water partition coefficient (Wildman–Crippen LogP) is 2.69. The fourth-order valence-electron chi connectivity index (χ4n) is 4.14. The van der Waals surface area contributed by atoms with Crippen LogP contribution in [0.25, 0.3) is 0 Å². The maximum Gasteiger partial charge on any atom is 0.254 e. The van der Waals surface area contributed by atoms with Gasteiger partial charge in [-0.2, -0.15) is 4.31 Å². The molecule has 2 aromatic rings. The molecule has 8 heteroatoms. The van der Waals surface area contributed by atoms with Gasteiger partial charge in [0.25, 0.3) is 5.91 Å². The number of likely N-dealkylation sites (tertiary alicyclic amines) is 1. The van der Waals surface area contributed by atoms with Gasteiger partial charge in [0.2, 0.25) is 10.0 Å². The molecule has 0 aliphatic carbocycles. The number of nitrogens with zero attached hydrogens (tertiary/aromatic N) is 2. The first-order chi connectivity index (χ1) is 14.4. The minimum atomic E-state index is -3.67. The minimum Gasteiger partial charge on any atom is -0.379 e. The van der Waals surface area contributed by atoms with E-state index < -0.39 is 10.0 Å². The van der Waals surface area contributed by atoms with Crippen LogP contribution in [0.3, 0.4) is 0 Å². The maximum atomic E-state index is 13.5. The van der Waals surface area contributed by atoms with Crippen molar-refractivity contribution in [1.82, 2.24) is 9.21 Å². The molecule has 1 amide bonds. The zero-order valence-corrected chi connectivity index (χ0v) is 17.5. The highest BCUT2D eigenvalue weighted by molar-refractivity contribution is 7.89. The van der Waals surface area contributed by atoms with Crippen LogP contribution >= 0.6 is 0 Å². The van der Waals surface area contributed by atoms with E-state index >= 15 is 0 Å². The molecule has 1 unspecified atom stereocenters. The van der Waals surface area contributed by atoms with Crippen LogP contribution < -0.4 is 0 Å². The zero-order valence-electron chi connectivity index (χ0n) is 16.7. The van der Waals surface area contributed by atoms with E-state index in [1.165, 1.54) is 28.6 Å². The van der Waals surface area contributed by atoms with Gasteiger partial charge in [-0.25, -0.2) is 12.8 Å². The molecular weight excluding hydrogens is 407 g/mol. The second kappa shape index (κ2) is 8.83. The van der Waals surface area contributed by atoms with E-state index in [1.54, 1.807) is 23.1 Å². The average molecular weight is 433 g/mol. The maximum absolute atomic E-state index is 13.5. The van der Waals surface area contributed by atoms with Gasteiger partial charge in [-0.05, 0) is 55.2 Å². The van der Waals surface area contributed by atoms with Crippen LogP contribution in [-0.4, -0.2) is 62.4 Å². The molecule has 1 atom stereocenters. The number of carbonyl (C=O) groups excluding carboxylic acids is 1. The van der Waals surface area contributed by atoms with Crippen molar-refractivity contribution in [2.75, 3.05) is 32.8 Å². The monoisotopic (exact) mass is 432 g/mol. The van der Waals surface area contributed by atoms with Crippen molar-refractivity contribution >= 4 is 15.9 Å². The molecule has 2 aromatic carbocycles. The molecule has 4 rings (SSSR count).